The monoisotopic (exact) mass is 223 g/mol. The van der Waals surface area contributed by atoms with Gasteiger partial charge in [-0.2, -0.15) is 0 Å². The largest absolute Gasteiger partial charge is 0.480 e. The number of aromatic nitrogens is 1. The minimum absolute atomic E-state index is 0.117. The number of hydrogen-bond acceptors (Lipinski definition) is 4. The normalized spacial score (nSPS) is 11.8. The van der Waals surface area contributed by atoms with E-state index >= 15 is 0 Å². The fourth-order valence-electron chi connectivity index (χ4n) is 1.15. The molecular formula is C10H13N3O3. The Hall–Kier alpha value is -1.95. The number of carbonyl (C=O) groups is 2. The van der Waals surface area contributed by atoms with Gasteiger partial charge in [0.05, 0.1) is 6.42 Å². The molecule has 1 unspecified atom stereocenters. The lowest BCUT2D eigenvalue weighted by Crippen LogP contribution is -2.46. The van der Waals surface area contributed by atoms with E-state index in [0.717, 1.165) is 5.56 Å². The number of pyridine rings is 1. The molecule has 6 nitrogen and oxygen atoms in total. The first-order valence-electron chi connectivity index (χ1n) is 4.74. The number of carbonyl (C=O) groups excluding carboxylic acids is 1. The molecule has 0 saturated heterocycles. The maximum Gasteiger partial charge on any atom is 0.327 e. The Morgan fingerprint density at radius 2 is 2.06 bits per heavy atom. The molecule has 0 saturated carbocycles. The molecule has 0 bridgehead atoms. The van der Waals surface area contributed by atoms with Crippen LogP contribution in [0.4, 0.5) is 0 Å². The molecule has 16 heavy (non-hydrogen) atoms. The van der Waals surface area contributed by atoms with Crippen LogP contribution in [0.2, 0.25) is 0 Å². The number of nitrogens with one attached hydrogen (secondary N) is 1. The molecule has 86 valence electrons. The highest BCUT2D eigenvalue weighted by Gasteiger charge is 2.17. The van der Waals surface area contributed by atoms with Crippen molar-refractivity contribution in [3.05, 3.63) is 30.1 Å². The first-order chi connectivity index (χ1) is 7.63. The number of amides is 1. The summed E-state index contributed by atoms with van der Waals surface area (Å²) in [6, 6.07) is 2.35. The van der Waals surface area contributed by atoms with Crippen LogP contribution in [0.3, 0.4) is 0 Å². The molecule has 0 spiro atoms. The van der Waals surface area contributed by atoms with Gasteiger partial charge in [-0.15, -0.1) is 0 Å². The van der Waals surface area contributed by atoms with Crippen LogP contribution in [-0.4, -0.2) is 34.6 Å². The zero-order valence-electron chi connectivity index (χ0n) is 8.59. The Morgan fingerprint density at radius 1 is 1.44 bits per heavy atom. The minimum atomic E-state index is -1.13. The van der Waals surface area contributed by atoms with Crippen molar-refractivity contribution in [3.63, 3.8) is 0 Å². The maximum atomic E-state index is 11.4. The molecule has 1 rings (SSSR count). The first kappa shape index (κ1) is 12.1. The Kier molecular flexibility index (Phi) is 4.41. The van der Waals surface area contributed by atoms with Crippen LogP contribution >= 0.6 is 0 Å². The average molecular weight is 223 g/mol. The topological polar surface area (TPSA) is 105 Å². The molecule has 0 aliphatic carbocycles. The highest BCUT2D eigenvalue weighted by molar-refractivity contribution is 5.84. The third-order valence-corrected chi connectivity index (χ3v) is 1.98. The van der Waals surface area contributed by atoms with Crippen LogP contribution in [0.25, 0.3) is 0 Å². The van der Waals surface area contributed by atoms with Crippen LogP contribution in [0.1, 0.15) is 5.56 Å². The van der Waals surface area contributed by atoms with Crippen LogP contribution in [0.15, 0.2) is 24.5 Å². The zero-order valence-corrected chi connectivity index (χ0v) is 8.59. The second-order valence-electron chi connectivity index (χ2n) is 3.23. The summed E-state index contributed by atoms with van der Waals surface area (Å²) in [7, 11) is 0. The molecule has 1 amide bonds. The van der Waals surface area contributed by atoms with Crippen LogP contribution in [0, 0.1) is 0 Å². The summed E-state index contributed by atoms with van der Waals surface area (Å²) in [5, 5.41) is 11.0. The van der Waals surface area contributed by atoms with Crippen molar-refractivity contribution in [1.82, 2.24) is 10.3 Å². The lowest BCUT2D eigenvalue weighted by molar-refractivity contribution is -0.141. The van der Waals surface area contributed by atoms with E-state index in [1.807, 2.05) is 0 Å². The summed E-state index contributed by atoms with van der Waals surface area (Å²) in [5.74, 6) is -1.50. The van der Waals surface area contributed by atoms with Gasteiger partial charge in [-0.3, -0.25) is 9.78 Å². The Bertz CT molecular complexity index is 367. The summed E-state index contributed by atoms with van der Waals surface area (Å²) >= 11 is 0. The number of rotatable bonds is 5. The molecule has 0 radical (unpaired) electrons. The van der Waals surface area contributed by atoms with Crippen molar-refractivity contribution in [2.45, 2.75) is 12.5 Å². The molecule has 6 heteroatoms. The maximum absolute atomic E-state index is 11.4. The zero-order chi connectivity index (χ0) is 12.0. The Morgan fingerprint density at radius 3 is 2.56 bits per heavy atom. The van der Waals surface area contributed by atoms with Crippen molar-refractivity contribution < 1.29 is 14.7 Å². The Balaban J connectivity index is 2.50. The molecule has 1 heterocycles. The molecule has 0 aliphatic heterocycles. The van der Waals surface area contributed by atoms with Gasteiger partial charge in [0.2, 0.25) is 5.91 Å². The third kappa shape index (κ3) is 3.66. The second-order valence-corrected chi connectivity index (χ2v) is 3.23. The van der Waals surface area contributed by atoms with Crippen molar-refractivity contribution in [2.24, 2.45) is 5.73 Å². The summed E-state index contributed by atoms with van der Waals surface area (Å²) in [6.45, 7) is -0.128. The van der Waals surface area contributed by atoms with Gasteiger partial charge in [-0.05, 0) is 17.7 Å². The average Bonchev–Trinajstić information content (AvgIpc) is 2.27. The van der Waals surface area contributed by atoms with E-state index < -0.39 is 12.0 Å². The quantitative estimate of drug-likeness (QED) is 0.603. The highest BCUT2D eigenvalue weighted by Crippen LogP contribution is 1.97. The van der Waals surface area contributed by atoms with Crippen molar-refractivity contribution in [3.8, 4) is 0 Å². The second kappa shape index (κ2) is 5.82. The van der Waals surface area contributed by atoms with Crippen molar-refractivity contribution >= 4 is 11.9 Å². The summed E-state index contributed by atoms with van der Waals surface area (Å²) in [6.07, 6.45) is 3.26. The van der Waals surface area contributed by atoms with Crippen molar-refractivity contribution in [1.29, 1.82) is 0 Å². The van der Waals surface area contributed by atoms with E-state index in [9.17, 15) is 9.59 Å². The van der Waals surface area contributed by atoms with E-state index in [1.54, 1.807) is 24.5 Å². The number of nitrogens with two attached hydrogens (primary N) is 1. The lowest BCUT2D eigenvalue weighted by Gasteiger charge is -2.11. The predicted molar refractivity (Wildman–Crippen MR) is 56.6 cm³/mol. The molecule has 1 aromatic rings. The SMILES string of the molecule is NCC(NC(=O)Cc1ccncc1)C(=O)O. The molecular weight excluding hydrogens is 210 g/mol. The fraction of sp³-hybridized carbons (Fsp3) is 0.300. The number of carboxylic acids is 1. The molecule has 0 aliphatic rings. The minimum Gasteiger partial charge on any atom is -0.480 e. The van der Waals surface area contributed by atoms with E-state index in [2.05, 4.69) is 10.3 Å². The van der Waals surface area contributed by atoms with Gasteiger partial charge in [-0.25, -0.2) is 4.79 Å². The number of aliphatic carboxylic acids is 1. The summed E-state index contributed by atoms with van der Waals surface area (Å²) < 4.78 is 0. The van der Waals surface area contributed by atoms with E-state index in [1.165, 1.54) is 0 Å². The fourth-order valence-corrected chi connectivity index (χ4v) is 1.15. The van der Waals surface area contributed by atoms with E-state index in [0.29, 0.717) is 0 Å². The predicted octanol–water partition coefficient (Wildman–Crippen LogP) is -0.848. The molecule has 0 fully saturated rings. The third-order valence-electron chi connectivity index (χ3n) is 1.98. The van der Waals surface area contributed by atoms with Crippen LogP contribution in [0.5, 0.6) is 0 Å². The van der Waals surface area contributed by atoms with Gasteiger partial charge < -0.3 is 16.2 Å². The van der Waals surface area contributed by atoms with Crippen LogP contribution in [-0.2, 0) is 16.0 Å². The number of carboxylic acid groups (broad SMARTS) is 1. The van der Waals surface area contributed by atoms with E-state index in [4.69, 9.17) is 10.8 Å². The van der Waals surface area contributed by atoms with Crippen molar-refractivity contribution in [2.75, 3.05) is 6.54 Å². The molecule has 4 N–H and O–H groups in total. The van der Waals surface area contributed by atoms with Gasteiger partial charge in [0.15, 0.2) is 0 Å². The number of hydrogen-bond donors (Lipinski definition) is 3. The molecule has 1 atom stereocenters. The van der Waals surface area contributed by atoms with Gasteiger partial charge in [-0.1, -0.05) is 0 Å². The van der Waals surface area contributed by atoms with Crippen LogP contribution < -0.4 is 11.1 Å². The van der Waals surface area contributed by atoms with Gasteiger partial charge in [0, 0.05) is 18.9 Å². The van der Waals surface area contributed by atoms with E-state index in [-0.39, 0.29) is 18.9 Å². The standard InChI is InChI=1S/C10H13N3O3/c11-6-8(10(15)16)13-9(14)5-7-1-3-12-4-2-7/h1-4,8H,5-6,11H2,(H,13,14)(H,15,16). The number of nitrogens with zero attached hydrogens (tertiary/aromatic N) is 1. The van der Waals surface area contributed by atoms with Gasteiger partial charge in [0.25, 0.3) is 0 Å². The summed E-state index contributed by atoms with van der Waals surface area (Å²) in [5.41, 5.74) is 5.98. The van der Waals surface area contributed by atoms with Gasteiger partial charge >= 0.3 is 5.97 Å². The lowest BCUT2D eigenvalue weighted by atomic mass is 10.2. The van der Waals surface area contributed by atoms with Gasteiger partial charge in [0.1, 0.15) is 6.04 Å². The molecule has 0 aromatic carbocycles. The first-order valence-corrected chi connectivity index (χ1v) is 4.74. The Labute approximate surface area is 92.5 Å². The molecule has 1 aromatic heterocycles. The summed E-state index contributed by atoms with van der Waals surface area (Å²) in [4.78, 5) is 25.9. The highest BCUT2D eigenvalue weighted by atomic mass is 16.4. The smallest absolute Gasteiger partial charge is 0.327 e.